The molecule has 2 aromatic heterocycles. The molecule has 2 N–H and O–H groups in total. The zero-order valence-electron chi connectivity index (χ0n) is 14.8. The highest BCUT2D eigenvalue weighted by molar-refractivity contribution is 5.89. The van der Waals surface area contributed by atoms with Crippen molar-refractivity contribution >= 4 is 11.7 Å². The predicted molar refractivity (Wildman–Crippen MR) is 96.5 cm³/mol. The van der Waals surface area contributed by atoms with Gasteiger partial charge in [-0.05, 0) is 30.0 Å². The zero-order valence-corrected chi connectivity index (χ0v) is 14.8. The van der Waals surface area contributed by atoms with Gasteiger partial charge < -0.3 is 15.2 Å². The van der Waals surface area contributed by atoms with Crippen molar-refractivity contribution in [2.45, 2.75) is 33.4 Å². The van der Waals surface area contributed by atoms with Gasteiger partial charge in [0.25, 0.3) is 0 Å². The fourth-order valence-electron chi connectivity index (χ4n) is 2.55. The lowest BCUT2D eigenvalue weighted by Gasteiger charge is -2.08. The highest BCUT2D eigenvalue weighted by Gasteiger charge is 2.08. The van der Waals surface area contributed by atoms with Crippen molar-refractivity contribution in [3.05, 3.63) is 60.0 Å². The van der Waals surface area contributed by atoms with Crippen LogP contribution in [0.3, 0.4) is 0 Å². The van der Waals surface area contributed by atoms with Crippen LogP contribution in [-0.4, -0.2) is 26.0 Å². The van der Waals surface area contributed by atoms with Gasteiger partial charge in [0.15, 0.2) is 5.76 Å². The topological polar surface area (TPSA) is 97.9 Å². The Labute approximate surface area is 151 Å². The van der Waals surface area contributed by atoms with E-state index < -0.39 is 0 Å². The van der Waals surface area contributed by atoms with Gasteiger partial charge in [-0.3, -0.25) is 0 Å². The smallest absolute Gasteiger partial charge is 0.319 e. The lowest BCUT2D eigenvalue weighted by atomic mass is 10.1. The molecule has 0 radical (unpaired) electrons. The molecule has 0 saturated carbocycles. The van der Waals surface area contributed by atoms with E-state index in [0.717, 1.165) is 17.7 Å². The largest absolute Gasteiger partial charge is 0.359 e. The first-order chi connectivity index (χ1) is 12.6. The minimum Gasteiger partial charge on any atom is -0.359 e. The van der Waals surface area contributed by atoms with E-state index in [1.807, 2.05) is 30.3 Å². The van der Waals surface area contributed by atoms with Crippen LogP contribution in [0.1, 0.15) is 30.9 Å². The van der Waals surface area contributed by atoms with Crippen LogP contribution < -0.4 is 10.6 Å². The average molecular weight is 354 g/mol. The number of rotatable bonds is 7. The minimum atomic E-state index is -0.301. The lowest BCUT2D eigenvalue weighted by Crippen LogP contribution is -2.28. The lowest BCUT2D eigenvalue weighted by molar-refractivity contribution is 0.250. The molecule has 3 aromatic rings. The van der Waals surface area contributed by atoms with Gasteiger partial charge >= 0.3 is 6.03 Å². The fourth-order valence-corrected chi connectivity index (χ4v) is 2.55. The number of nitrogens with one attached hydrogen (secondary N) is 2. The molecule has 0 saturated heterocycles. The maximum absolute atomic E-state index is 12.1. The first kappa shape index (κ1) is 17.7. The van der Waals surface area contributed by atoms with E-state index in [4.69, 9.17) is 4.52 Å². The summed E-state index contributed by atoms with van der Waals surface area (Å²) in [6, 6.07) is 9.16. The third-order valence-corrected chi connectivity index (χ3v) is 3.64. The Morgan fingerprint density at radius 1 is 1.31 bits per heavy atom. The molecular weight excluding hydrogens is 332 g/mol. The molecule has 0 aliphatic carbocycles. The van der Waals surface area contributed by atoms with Crippen LogP contribution in [0.4, 0.5) is 10.5 Å². The summed E-state index contributed by atoms with van der Waals surface area (Å²) in [4.78, 5) is 16.0. The summed E-state index contributed by atoms with van der Waals surface area (Å²) in [5.41, 5.74) is 2.62. The maximum atomic E-state index is 12.1. The number of amides is 2. The number of carbonyl (C=O) groups is 1. The first-order valence-electron chi connectivity index (χ1n) is 8.49. The van der Waals surface area contributed by atoms with Gasteiger partial charge in [-0.1, -0.05) is 31.1 Å². The number of hydrogen-bond donors (Lipinski definition) is 2. The molecule has 0 aliphatic heterocycles. The highest BCUT2D eigenvalue weighted by Crippen LogP contribution is 2.12. The zero-order chi connectivity index (χ0) is 18.4. The highest BCUT2D eigenvalue weighted by atomic mass is 16.5. The Morgan fingerprint density at radius 2 is 2.19 bits per heavy atom. The Balaban J connectivity index is 1.51. The molecule has 136 valence electrons. The quantitative estimate of drug-likeness (QED) is 0.680. The monoisotopic (exact) mass is 354 g/mol. The summed E-state index contributed by atoms with van der Waals surface area (Å²) in [6.07, 6.45) is 4.00. The Bertz CT molecular complexity index is 841. The number of carbonyl (C=O) groups excluding carboxylic acids is 1. The normalized spacial score (nSPS) is 10.9. The van der Waals surface area contributed by atoms with Crippen molar-refractivity contribution in [3.63, 3.8) is 0 Å². The summed E-state index contributed by atoms with van der Waals surface area (Å²) in [7, 11) is 0. The molecule has 0 bridgehead atoms. The fraction of sp³-hybridized carbons (Fsp3) is 0.333. The SMILES string of the molecule is CC(C)Cc1cc(CNC(=O)Nc2cccc(Cn3cncn3)c2)on1. The van der Waals surface area contributed by atoms with Crippen LogP contribution in [0.25, 0.3) is 0 Å². The molecule has 8 heteroatoms. The molecule has 0 spiro atoms. The van der Waals surface area contributed by atoms with E-state index in [1.165, 1.54) is 6.33 Å². The van der Waals surface area contributed by atoms with Gasteiger partial charge in [-0.25, -0.2) is 14.5 Å². The molecule has 0 aliphatic rings. The summed E-state index contributed by atoms with van der Waals surface area (Å²) in [5, 5.41) is 13.7. The molecule has 0 unspecified atom stereocenters. The molecule has 2 amide bonds. The maximum Gasteiger partial charge on any atom is 0.319 e. The van der Waals surface area contributed by atoms with Crippen LogP contribution in [0, 0.1) is 5.92 Å². The third kappa shape index (κ3) is 5.17. The van der Waals surface area contributed by atoms with Gasteiger partial charge in [0.1, 0.15) is 12.7 Å². The number of aromatic nitrogens is 4. The van der Waals surface area contributed by atoms with E-state index in [0.29, 0.717) is 23.9 Å². The Kier molecular flexibility index (Phi) is 5.62. The molecule has 0 fully saturated rings. The van der Waals surface area contributed by atoms with Crippen LogP contribution in [0.2, 0.25) is 0 Å². The van der Waals surface area contributed by atoms with Crippen LogP contribution in [0.15, 0.2) is 47.5 Å². The van der Waals surface area contributed by atoms with Gasteiger partial charge in [0.05, 0.1) is 18.8 Å². The number of hydrogen-bond acceptors (Lipinski definition) is 5. The Morgan fingerprint density at radius 3 is 2.96 bits per heavy atom. The molecule has 8 nitrogen and oxygen atoms in total. The average Bonchev–Trinajstić information content (AvgIpc) is 3.25. The van der Waals surface area contributed by atoms with Gasteiger partial charge in [0.2, 0.25) is 0 Å². The molecular formula is C18H22N6O2. The van der Waals surface area contributed by atoms with Crippen molar-refractivity contribution < 1.29 is 9.32 Å². The summed E-state index contributed by atoms with van der Waals surface area (Å²) < 4.78 is 6.96. The van der Waals surface area contributed by atoms with E-state index in [1.54, 1.807) is 11.0 Å². The van der Waals surface area contributed by atoms with Crippen molar-refractivity contribution in [3.8, 4) is 0 Å². The van der Waals surface area contributed by atoms with Gasteiger partial charge in [-0.2, -0.15) is 5.10 Å². The molecule has 26 heavy (non-hydrogen) atoms. The van der Waals surface area contributed by atoms with E-state index >= 15 is 0 Å². The van der Waals surface area contributed by atoms with E-state index in [2.05, 4.69) is 39.7 Å². The summed E-state index contributed by atoms with van der Waals surface area (Å²) in [5.74, 6) is 1.14. The van der Waals surface area contributed by atoms with Crippen molar-refractivity contribution in [2.24, 2.45) is 5.92 Å². The number of nitrogens with zero attached hydrogens (tertiary/aromatic N) is 4. The van der Waals surface area contributed by atoms with Crippen molar-refractivity contribution in [1.82, 2.24) is 25.2 Å². The second-order valence-electron chi connectivity index (χ2n) is 6.48. The number of urea groups is 1. The first-order valence-corrected chi connectivity index (χ1v) is 8.49. The second-order valence-corrected chi connectivity index (χ2v) is 6.48. The molecule has 2 heterocycles. The molecule has 0 atom stereocenters. The van der Waals surface area contributed by atoms with Gasteiger partial charge in [-0.15, -0.1) is 0 Å². The number of anilines is 1. The molecule has 1 aromatic carbocycles. The van der Waals surface area contributed by atoms with Gasteiger partial charge in [0, 0.05) is 11.8 Å². The number of benzene rings is 1. The minimum absolute atomic E-state index is 0.287. The van der Waals surface area contributed by atoms with Crippen LogP contribution >= 0.6 is 0 Å². The Hall–Kier alpha value is -3.16. The van der Waals surface area contributed by atoms with Crippen LogP contribution in [0.5, 0.6) is 0 Å². The standard InChI is InChI=1S/C18H22N6O2/c1-13(2)6-16-8-17(26-23-16)9-20-18(25)22-15-5-3-4-14(7-15)10-24-12-19-11-21-24/h3-5,7-8,11-13H,6,9-10H2,1-2H3,(H2,20,22,25). The van der Waals surface area contributed by atoms with E-state index in [9.17, 15) is 4.79 Å². The third-order valence-electron chi connectivity index (χ3n) is 3.64. The molecule has 3 rings (SSSR count). The van der Waals surface area contributed by atoms with E-state index in [-0.39, 0.29) is 12.6 Å². The van der Waals surface area contributed by atoms with Crippen LogP contribution in [-0.2, 0) is 19.5 Å². The summed E-state index contributed by atoms with van der Waals surface area (Å²) in [6.45, 7) is 5.12. The second kappa shape index (κ2) is 8.28. The summed E-state index contributed by atoms with van der Waals surface area (Å²) >= 11 is 0. The van der Waals surface area contributed by atoms with Crippen molar-refractivity contribution in [1.29, 1.82) is 0 Å². The van der Waals surface area contributed by atoms with Crippen molar-refractivity contribution in [2.75, 3.05) is 5.32 Å². The predicted octanol–water partition coefficient (Wildman–Crippen LogP) is 2.83.